The number of hydrogen-bond donors (Lipinski definition) is 1. The summed E-state index contributed by atoms with van der Waals surface area (Å²) in [6.07, 6.45) is 0.823. The molecule has 3 nitrogen and oxygen atoms in total. The van der Waals surface area contributed by atoms with Crippen LogP contribution in [0.3, 0.4) is 0 Å². The molecule has 5 heteroatoms. The molecule has 0 aliphatic heterocycles. The zero-order valence-electron chi connectivity index (χ0n) is 5.47. The minimum absolute atomic E-state index is 0. The molecule has 0 aromatic heterocycles. The zero-order chi connectivity index (χ0) is 7.28. The molecule has 0 aliphatic rings. The van der Waals surface area contributed by atoms with E-state index in [-0.39, 0.29) is 28.8 Å². The quantitative estimate of drug-likeness (QED) is 0.646. The summed E-state index contributed by atoms with van der Waals surface area (Å²) in [6.45, 7) is 0. The molecule has 0 aromatic carbocycles. The maximum atomic E-state index is 9.83. The van der Waals surface area contributed by atoms with E-state index in [1.54, 1.807) is 0 Å². The summed E-state index contributed by atoms with van der Waals surface area (Å²) in [4.78, 5) is 9.83. The van der Waals surface area contributed by atoms with E-state index in [9.17, 15) is 9.90 Å². The number of carboxylic acids is 1. The third kappa shape index (κ3) is 6.64. The molecular weight excluding hydrogens is 248 g/mol. The first-order chi connectivity index (χ1) is 4.18. The predicted molar refractivity (Wildman–Crippen MR) is 34.0 cm³/mol. The number of aliphatic hydroxyl groups is 1. The Kier molecular flexibility index (Phi) is 10.0. The summed E-state index contributed by atoms with van der Waals surface area (Å²) in [5.41, 5.74) is 0. The molecule has 0 bridgehead atoms. The van der Waals surface area contributed by atoms with Gasteiger partial charge in [0.25, 0.3) is 0 Å². The van der Waals surface area contributed by atoms with Crippen molar-refractivity contribution in [1.82, 2.24) is 0 Å². The number of aliphatic carboxylic acids is 1. The maximum Gasteiger partial charge on any atom is 1.00 e. The van der Waals surface area contributed by atoms with Crippen LogP contribution in [0.2, 0.25) is 0 Å². The second kappa shape index (κ2) is 7.63. The van der Waals surface area contributed by atoms with Crippen molar-refractivity contribution in [3.05, 3.63) is 0 Å². The summed E-state index contributed by atoms with van der Waals surface area (Å²) in [5, 5.41) is 18.4. The van der Waals surface area contributed by atoms with E-state index in [2.05, 4.69) is 0 Å². The molecule has 0 amide bonds. The Morgan fingerprint density at radius 3 is 2.60 bits per heavy atom. The Labute approximate surface area is 79.7 Å². The second-order valence-corrected chi connectivity index (χ2v) is 2.60. The third-order valence-electron chi connectivity index (χ3n) is 0.867. The topological polar surface area (TPSA) is 60.4 Å². The van der Waals surface area contributed by atoms with Crippen LogP contribution in [0.5, 0.6) is 0 Å². The monoisotopic (exact) mass is 256 g/mol. The van der Waals surface area contributed by atoms with Gasteiger partial charge in [-0.3, -0.25) is 0 Å². The van der Waals surface area contributed by atoms with E-state index in [4.69, 9.17) is 5.11 Å². The minimum Gasteiger partial charge on any atom is -0.547 e. The van der Waals surface area contributed by atoms with Crippen molar-refractivity contribution in [2.75, 3.05) is 12.0 Å². The van der Waals surface area contributed by atoms with Gasteiger partial charge in [0, 0.05) is 0 Å². The fraction of sp³-hybridized carbons (Fsp3) is 0.800. The average Bonchev–Trinajstić information content (AvgIpc) is 1.82. The predicted octanol–water partition coefficient (Wildman–Crippen LogP) is -1.15. The Morgan fingerprint density at radius 2 is 2.30 bits per heavy atom. The van der Waals surface area contributed by atoms with Crippen molar-refractivity contribution in [3.8, 4) is 0 Å². The van der Waals surface area contributed by atoms with Crippen molar-refractivity contribution in [1.29, 1.82) is 0 Å². The van der Waals surface area contributed by atoms with Crippen LogP contribution in [0.15, 0.2) is 0 Å². The molecule has 0 radical (unpaired) electrons. The van der Waals surface area contributed by atoms with Gasteiger partial charge in [0.05, 0.1) is 12.1 Å². The maximum absolute atomic E-state index is 9.83. The van der Waals surface area contributed by atoms with Crippen LogP contribution in [0.25, 0.3) is 0 Å². The molecule has 10 heavy (non-hydrogen) atoms. The Morgan fingerprint density at radius 1 is 1.80 bits per heavy atom. The fourth-order valence-electron chi connectivity index (χ4n) is 0.347. The number of aliphatic hydroxyl groups excluding tert-OH is 1. The molecule has 0 rings (SSSR count). The number of rotatable bonds is 4. The van der Waals surface area contributed by atoms with E-state index in [1.807, 2.05) is 6.26 Å². The van der Waals surface area contributed by atoms with Crippen LogP contribution in [-0.4, -0.2) is 29.2 Å². The van der Waals surface area contributed by atoms with Gasteiger partial charge in [0.1, 0.15) is 0 Å². The van der Waals surface area contributed by atoms with Crippen molar-refractivity contribution >= 4 is 17.7 Å². The first-order valence-electron chi connectivity index (χ1n) is 2.56. The molecule has 0 spiro atoms. The number of carboxylic acid groups (broad SMARTS) is 1. The van der Waals surface area contributed by atoms with Crippen LogP contribution >= 0.6 is 11.8 Å². The number of carbonyl (C=O) groups is 1. The SMILES string of the molecule is CSCCC(O)C(=O)[O-].[Ag+]. The average molecular weight is 257 g/mol. The van der Waals surface area contributed by atoms with Gasteiger partial charge in [0.2, 0.25) is 0 Å². The fourth-order valence-corrected chi connectivity index (χ4v) is 0.806. The first kappa shape index (κ1) is 13.1. The molecule has 0 aliphatic carbocycles. The summed E-state index contributed by atoms with van der Waals surface area (Å²) in [7, 11) is 0. The van der Waals surface area contributed by atoms with Gasteiger partial charge in [-0.15, -0.1) is 0 Å². The Hall–Kier alpha value is 0.520. The molecule has 0 aromatic rings. The molecule has 0 saturated carbocycles. The number of carbonyl (C=O) groups excluding carboxylic acids is 1. The van der Waals surface area contributed by atoms with Crippen LogP contribution < -0.4 is 5.11 Å². The smallest absolute Gasteiger partial charge is 0.547 e. The summed E-state index contributed by atoms with van der Waals surface area (Å²) in [6, 6.07) is 0. The Balaban J connectivity index is 0. The summed E-state index contributed by atoms with van der Waals surface area (Å²) in [5.74, 6) is -0.737. The van der Waals surface area contributed by atoms with Crippen molar-refractivity contribution in [3.63, 3.8) is 0 Å². The van der Waals surface area contributed by atoms with Gasteiger partial charge in [-0.05, 0) is 18.4 Å². The molecular formula is C5H9AgO3S. The van der Waals surface area contributed by atoms with Gasteiger partial charge in [-0.1, -0.05) is 0 Å². The summed E-state index contributed by atoms with van der Waals surface area (Å²) < 4.78 is 0. The number of hydrogen-bond acceptors (Lipinski definition) is 4. The molecule has 64 valence electrons. The van der Waals surface area contributed by atoms with Crippen molar-refractivity contribution in [2.24, 2.45) is 0 Å². The molecule has 1 N–H and O–H groups in total. The zero-order valence-corrected chi connectivity index (χ0v) is 7.76. The molecule has 0 saturated heterocycles. The van der Waals surface area contributed by atoms with Crippen LogP contribution in [-0.2, 0) is 27.2 Å². The second-order valence-electron chi connectivity index (χ2n) is 1.62. The van der Waals surface area contributed by atoms with E-state index >= 15 is 0 Å². The van der Waals surface area contributed by atoms with Gasteiger partial charge in [0.15, 0.2) is 0 Å². The van der Waals surface area contributed by atoms with E-state index in [0.29, 0.717) is 5.75 Å². The van der Waals surface area contributed by atoms with Gasteiger partial charge in [-0.2, -0.15) is 11.8 Å². The van der Waals surface area contributed by atoms with Gasteiger partial charge < -0.3 is 15.0 Å². The minimum atomic E-state index is -1.39. The van der Waals surface area contributed by atoms with Crippen molar-refractivity contribution < 1.29 is 37.4 Å². The van der Waals surface area contributed by atoms with Crippen LogP contribution in [0.1, 0.15) is 6.42 Å². The van der Waals surface area contributed by atoms with Gasteiger partial charge in [-0.25, -0.2) is 0 Å². The standard InChI is InChI=1S/C5H10O3S.Ag/c1-9-3-2-4(6)5(7)8;/h4,6H,2-3H2,1H3,(H,7,8);/q;+1/p-1. The van der Waals surface area contributed by atoms with Crippen LogP contribution in [0.4, 0.5) is 0 Å². The molecule has 1 atom stereocenters. The third-order valence-corrected chi connectivity index (χ3v) is 1.51. The van der Waals surface area contributed by atoms with Crippen LogP contribution in [0, 0.1) is 0 Å². The van der Waals surface area contributed by atoms with E-state index < -0.39 is 12.1 Å². The van der Waals surface area contributed by atoms with Gasteiger partial charge >= 0.3 is 22.4 Å². The largest absolute Gasteiger partial charge is 1.00 e. The summed E-state index contributed by atoms with van der Waals surface area (Å²) >= 11 is 1.50. The van der Waals surface area contributed by atoms with E-state index in [1.165, 1.54) is 11.8 Å². The molecule has 1 unspecified atom stereocenters. The Bertz CT molecular complexity index is 98.9. The first-order valence-corrected chi connectivity index (χ1v) is 3.95. The number of thioether (sulfide) groups is 1. The normalized spacial score (nSPS) is 11.8. The van der Waals surface area contributed by atoms with Crippen molar-refractivity contribution in [2.45, 2.75) is 12.5 Å². The van der Waals surface area contributed by atoms with E-state index in [0.717, 1.165) is 0 Å². The molecule has 0 heterocycles. The molecule has 0 fully saturated rings.